The Morgan fingerprint density at radius 2 is 1.75 bits per heavy atom. The average Bonchev–Trinajstić information content (AvgIpc) is 2.48. The molecule has 2 aromatic rings. The van der Waals surface area contributed by atoms with Gasteiger partial charge in [-0.15, -0.1) is 0 Å². The Bertz CT molecular complexity index is 569. The number of nitrogens with two attached hydrogens (primary N) is 1. The normalized spacial score (nSPS) is 11.8. The lowest BCUT2D eigenvalue weighted by molar-refractivity contribution is -0.130. The number of methoxy groups -OCH3 is 1. The van der Waals surface area contributed by atoms with Crippen LogP contribution in [-0.2, 0) is 16.1 Å². The van der Waals surface area contributed by atoms with E-state index in [4.69, 9.17) is 15.2 Å². The maximum Gasteiger partial charge on any atom is 0.251 e. The molecule has 1 amide bonds. The molecule has 0 aromatic heterocycles. The van der Waals surface area contributed by atoms with Gasteiger partial charge in [0.2, 0.25) is 0 Å². The molecule has 20 heavy (non-hydrogen) atoms. The van der Waals surface area contributed by atoms with Crippen LogP contribution in [-0.4, -0.2) is 13.0 Å². The number of rotatable bonds is 6. The molecule has 0 aliphatic rings. The second-order valence-electron chi connectivity index (χ2n) is 4.32. The Kier molecular flexibility index (Phi) is 4.74. The van der Waals surface area contributed by atoms with Crippen molar-refractivity contribution in [2.75, 3.05) is 7.11 Å². The zero-order chi connectivity index (χ0) is 14.4. The van der Waals surface area contributed by atoms with E-state index >= 15 is 0 Å². The number of carbonyl (C=O) groups is 1. The number of hydrogen-bond acceptors (Lipinski definition) is 3. The fraction of sp³-hybridized carbons (Fsp3) is 0.188. The molecule has 1 atom stereocenters. The van der Waals surface area contributed by atoms with Crippen molar-refractivity contribution in [2.45, 2.75) is 12.7 Å². The lowest BCUT2D eigenvalue weighted by atomic mass is 10.1. The zero-order valence-corrected chi connectivity index (χ0v) is 11.3. The summed E-state index contributed by atoms with van der Waals surface area (Å²) in [6, 6.07) is 16.7. The van der Waals surface area contributed by atoms with Gasteiger partial charge in [-0.1, -0.05) is 48.5 Å². The Balaban J connectivity index is 2.12. The highest BCUT2D eigenvalue weighted by Gasteiger charge is 2.18. The quantitative estimate of drug-likeness (QED) is 0.877. The van der Waals surface area contributed by atoms with E-state index in [9.17, 15) is 4.79 Å². The molecule has 104 valence electrons. The predicted octanol–water partition coefficient (Wildman–Crippen LogP) is 2.44. The fourth-order valence-corrected chi connectivity index (χ4v) is 1.97. The summed E-state index contributed by atoms with van der Waals surface area (Å²) in [7, 11) is 1.60. The van der Waals surface area contributed by atoms with Crippen molar-refractivity contribution in [1.82, 2.24) is 0 Å². The second-order valence-corrected chi connectivity index (χ2v) is 4.32. The van der Waals surface area contributed by atoms with Gasteiger partial charge in [-0.25, -0.2) is 0 Å². The fourth-order valence-electron chi connectivity index (χ4n) is 1.97. The molecule has 0 aliphatic carbocycles. The van der Waals surface area contributed by atoms with Gasteiger partial charge in [0.25, 0.3) is 5.91 Å². The summed E-state index contributed by atoms with van der Waals surface area (Å²) in [5, 5.41) is 0. The summed E-state index contributed by atoms with van der Waals surface area (Å²) in [6.45, 7) is 0.256. The van der Waals surface area contributed by atoms with E-state index in [1.54, 1.807) is 7.11 Å². The smallest absolute Gasteiger partial charge is 0.251 e. The van der Waals surface area contributed by atoms with Crippen molar-refractivity contribution in [3.8, 4) is 5.75 Å². The van der Waals surface area contributed by atoms with Crippen LogP contribution in [0.3, 0.4) is 0 Å². The third-order valence-corrected chi connectivity index (χ3v) is 2.96. The minimum absolute atomic E-state index is 0.256. The van der Waals surface area contributed by atoms with Gasteiger partial charge in [0.1, 0.15) is 5.75 Å². The van der Waals surface area contributed by atoms with Crippen LogP contribution in [0, 0.1) is 0 Å². The van der Waals surface area contributed by atoms with E-state index in [1.807, 2.05) is 54.6 Å². The Morgan fingerprint density at radius 3 is 2.40 bits per heavy atom. The molecule has 2 N–H and O–H groups in total. The van der Waals surface area contributed by atoms with Crippen LogP contribution in [0.2, 0.25) is 0 Å². The van der Waals surface area contributed by atoms with Crippen LogP contribution >= 0.6 is 0 Å². The van der Waals surface area contributed by atoms with E-state index in [1.165, 1.54) is 0 Å². The highest BCUT2D eigenvalue weighted by molar-refractivity contribution is 5.80. The largest absolute Gasteiger partial charge is 0.496 e. The van der Waals surface area contributed by atoms with Crippen LogP contribution in [0.15, 0.2) is 54.6 Å². The van der Waals surface area contributed by atoms with E-state index < -0.39 is 12.0 Å². The molecule has 0 spiro atoms. The Labute approximate surface area is 118 Å². The van der Waals surface area contributed by atoms with E-state index in [0.29, 0.717) is 0 Å². The number of amides is 1. The molecule has 0 bridgehead atoms. The maximum absolute atomic E-state index is 11.5. The van der Waals surface area contributed by atoms with Crippen molar-refractivity contribution in [2.24, 2.45) is 5.73 Å². The summed E-state index contributed by atoms with van der Waals surface area (Å²) in [5.41, 5.74) is 7.03. The highest BCUT2D eigenvalue weighted by atomic mass is 16.5. The van der Waals surface area contributed by atoms with E-state index in [2.05, 4.69) is 0 Å². The van der Waals surface area contributed by atoms with Crippen LogP contribution in [0.5, 0.6) is 5.75 Å². The van der Waals surface area contributed by atoms with Gasteiger partial charge >= 0.3 is 0 Å². The molecule has 4 heteroatoms. The summed E-state index contributed by atoms with van der Waals surface area (Å²) >= 11 is 0. The number of ether oxygens (including phenoxy) is 2. The van der Waals surface area contributed by atoms with Crippen molar-refractivity contribution in [3.05, 3.63) is 65.7 Å². The second kappa shape index (κ2) is 6.73. The topological polar surface area (TPSA) is 61.6 Å². The molecule has 4 nitrogen and oxygen atoms in total. The van der Waals surface area contributed by atoms with Crippen molar-refractivity contribution >= 4 is 5.91 Å². The molecule has 1 unspecified atom stereocenters. The minimum atomic E-state index is -0.763. The van der Waals surface area contributed by atoms with Crippen LogP contribution in [0.25, 0.3) is 0 Å². The van der Waals surface area contributed by atoms with Gasteiger partial charge in [0, 0.05) is 5.56 Å². The number of para-hydroxylation sites is 1. The highest BCUT2D eigenvalue weighted by Crippen LogP contribution is 2.23. The van der Waals surface area contributed by atoms with Gasteiger partial charge in [-0.2, -0.15) is 0 Å². The average molecular weight is 271 g/mol. The first-order valence-corrected chi connectivity index (χ1v) is 6.30. The summed E-state index contributed by atoms with van der Waals surface area (Å²) in [4.78, 5) is 11.5. The maximum atomic E-state index is 11.5. The summed E-state index contributed by atoms with van der Waals surface area (Å²) in [5.74, 6) is 0.217. The monoisotopic (exact) mass is 271 g/mol. The predicted molar refractivity (Wildman–Crippen MR) is 76.2 cm³/mol. The van der Waals surface area contributed by atoms with Gasteiger partial charge < -0.3 is 15.2 Å². The van der Waals surface area contributed by atoms with Crippen molar-refractivity contribution < 1.29 is 14.3 Å². The van der Waals surface area contributed by atoms with Gasteiger partial charge in [-0.05, 0) is 11.6 Å². The third kappa shape index (κ3) is 3.36. The third-order valence-electron chi connectivity index (χ3n) is 2.96. The van der Waals surface area contributed by atoms with Crippen LogP contribution < -0.4 is 10.5 Å². The first-order chi connectivity index (χ1) is 9.72. The molecule has 0 saturated heterocycles. The van der Waals surface area contributed by atoms with E-state index in [0.717, 1.165) is 16.9 Å². The van der Waals surface area contributed by atoms with Gasteiger partial charge in [0.05, 0.1) is 13.7 Å². The lowest BCUT2D eigenvalue weighted by Crippen LogP contribution is -2.23. The molecular weight excluding hydrogens is 254 g/mol. The van der Waals surface area contributed by atoms with Crippen molar-refractivity contribution in [1.29, 1.82) is 0 Å². The molecule has 0 heterocycles. The molecule has 2 rings (SSSR count). The molecule has 2 aromatic carbocycles. The summed E-state index contributed by atoms with van der Waals surface area (Å²) < 4.78 is 10.9. The zero-order valence-electron chi connectivity index (χ0n) is 11.3. The molecule has 0 fully saturated rings. The van der Waals surface area contributed by atoms with Crippen molar-refractivity contribution in [3.63, 3.8) is 0 Å². The number of benzene rings is 2. The lowest BCUT2D eigenvalue weighted by Gasteiger charge is -2.16. The number of hydrogen-bond donors (Lipinski definition) is 1. The first-order valence-electron chi connectivity index (χ1n) is 6.30. The molecule has 0 radical (unpaired) electrons. The van der Waals surface area contributed by atoms with Crippen LogP contribution in [0.1, 0.15) is 17.2 Å². The Hall–Kier alpha value is -2.33. The van der Waals surface area contributed by atoms with Crippen LogP contribution in [0.4, 0.5) is 0 Å². The molecular formula is C16H17NO3. The molecule has 0 aliphatic heterocycles. The number of primary amides is 1. The SMILES string of the molecule is COc1ccccc1COC(C(N)=O)c1ccccc1. The first kappa shape index (κ1) is 14.1. The number of carbonyl (C=O) groups excluding carboxylic acids is 1. The molecule has 0 saturated carbocycles. The summed E-state index contributed by atoms with van der Waals surface area (Å²) in [6.07, 6.45) is -0.763. The van der Waals surface area contributed by atoms with Gasteiger partial charge in [0.15, 0.2) is 6.10 Å². The van der Waals surface area contributed by atoms with E-state index in [-0.39, 0.29) is 6.61 Å². The standard InChI is InChI=1S/C16H17NO3/c1-19-14-10-6-5-9-13(14)11-20-15(16(17)18)12-7-3-2-4-8-12/h2-10,15H,11H2,1H3,(H2,17,18). The Morgan fingerprint density at radius 1 is 1.10 bits per heavy atom. The minimum Gasteiger partial charge on any atom is -0.496 e. The van der Waals surface area contributed by atoms with Gasteiger partial charge in [-0.3, -0.25) is 4.79 Å².